The van der Waals surface area contributed by atoms with E-state index in [0.29, 0.717) is 16.5 Å². The van der Waals surface area contributed by atoms with Crippen molar-refractivity contribution in [1.82, 2.24) is 15.0 Å². The van der Waals surface area contributed by atoms with Crippen LogP contribution in [0.25, 0.3) is 0 Å². The summed E-state index contributed by atoms with van der Waals surface area (Å²) in [7, 11) is 3.23. The predicted octanol–water partition coefficient (Wildman–Crippen LogP) is 3.70. The molecule has 0 saturated heterocycles. The minimum Gasteiger partial charge on any atom is -0.493 e. The van der Waals surface area contributed by atoms with Crippen LogP contribution in [0.3, 0.4) is 0 Å². The van der Waals surface area contributed by atoms with E-state index in [-0.39, 0.29) is 5.92 Å². The summed E-state index contributed by atoms with van der Waals surface area (Å²) >= 11 is 6.43. The van der Waals surface area contributed by atoms with Crippen molar-refractivity contribution in [2.24, 2.45) is 0 Å². The summed E-state index contributed by atoms with van der Waals surface area (Å²) in [5.74, 6) is 1.59. The molecule has 6 heteroatoms. The van der Waals surface area contributed by atoms with Crippen molar-refractivity contribution in [3.05, 3.63) is 34.6 Å². The Morgan fingerprint density at radius 2 is 1.86 bits per heavy atom. The van der Waals surface area contributed by atoms with Gasteiger partial charge in [-0.25, -0.2) is 0 Å². The largest absolute Gasteiger partial charge is 0.493 e. The van der Waals surface area contributed by atoms with Crippen molar-refractivity contribution >= 4 is 11.6 Å². The summed E-state index contributed by atoms with van der Waals surface area (Å²) < 4.78 is 12.5. The molecule has 0 radical (unpaired) electrons. The van der Waals surface area contributed by atoms with Gasteiger partial charge < -0.3 is 9.47 Å². The van der Waals surface area contributed by atoms with Crippen molar-refractivity contribution in [2.45, 2.75) is 39.2 Å². The van der Waals surface area contributed by atoms with Crippen LogP contribution < -0.4 is 9.47 Å². The Hall–Kier alpha value is -1.75. The summed E-state index contributed by atoms with van der Waals surface area (Å²) in [6.45, 7) is 5.00. The van der Waals surface area contributed by atoms with Gasteiger partial charge in [-0.2, -0.15) is 0 Å². The lowest BCUT2D eigenvalue weighted by molar-refractivity contribution is 0.354. The van der Waals surface area contributed by atoms with Gasteiger partial charge in [0.15, 0.2) is 11.5 Å². The van der Waals surface area contributed by atoms with Gasteiger partial charge in [0, 0.05) is 30.3 Å². The second-order valence-electron chi connectivity index (χ2n) is 5.10. The summed E-state index contributed by atoms with van der Waals surface area (Å²) in [5, 5.41) is 9.00. The van der Waals surface area contributed by atoms with E-state index >= 15 is 0 Å². The molecule has 2 aromatic rings. The van der Waals surface area contributed by atoms with Gasteiger partial charge in [-0.3, -0.25) is 4.68 Å². The highest BCUT2D eigenvalue weighted by Gasteiger charge is 2.19. The van der Waals surface area contributed by atoms with Crippen LogP contribution in [-0.2, 0) is 13.0 Å². The Bertz CT molecular complexity index is 628. The molecule has 1 heterocycles. The third-order valence-electron chi connectivity index (χ3n) is 3.80. The Labute approximate surface area is 136 Å². The van der Waals surface area contributed by atoms with Gasteiger partial charge >= 0.3 is 0 Å². The van der Waals surface area contributed by atoms with E-state index in [0.717, 1.165) is 30.6 Å². The highest BCUT2D eigenvalue weighted by molar-refractivity contribution is 6.31. The molecule has 1 atom stereocenters. The first-order valence-corrected chi connectivity index (χ1v) is 7.81. The number of aryl methyl sites for hydroxylation is 1. The summed E-state index contributed by atoms with van der Waals surface area (Å²) in [4.78, 5) is 0. The minimum atomic E-state index is 0.259. The van der Waals surface area contributed by atoms with Crippen molar-refractivity contribution in [3.8, 4) is 11.5 Å². The number of halogens is 1. The number of hydrogen-bond acceptors (Lipinski definition) is 4. The number of benzene rings is 1. The number of nitrogens with zero attached hydrogens (tertiary/aromatic N) is 3. The van der Waals surface area contributed by atoms with Crippen LogP contribution in [0.2, 0.25) is 5.02 Å². The second-order valence-corrected chi connectivity index (χ2v) is 5.51. The predicted molar refractivity (Wildman–Crippen MR) is 87.0 cm³/mol. The van der Waals surface area contributed by atoms with E-state index in [4.69, 9.17) is 21.1 Å². The lowest BCUT2D eigenvalue weighted by Crippen LogP contribution is -2.04. The highest BCUT2D eigenvalue weighted by atomic mass is 35.5. The zero-order valence-corrected chi connectivity index (χ0v) is 14.2. The molecule has 0 bridgehead atoms. The first-order chi connectivity index (χ1) is 10.6. The molecule has 1 aromatic carbocycles. The second kappa shape index (κ2) is 7.49. The molecule has 2 rings (SSSR count). The maximum Gasteiger partial charge on any atom is 0.162 e. The fourth-order valence-electron chi connectivity index (χ4n) is 2.50. The quantitative estimate of drug-likeness (QED) is 0.779. The zero-order chi connectivity index (χ0) is 16.1. The molecule has 0 spiro atoms. The van der Waals surface area contributed by atoms with Gasteiger partial charge in [0.1, 0.15) is 0 Å². The molecule has 0 aliphatic carbocycles. The molecule has 1 unspecified atom stereocenters. The van der Waals surface area contributed by atoms with Crippen LogP contribution in [0, 0.1) is 0 Å². The van der Waals surface area contributed by atoms with Gasteiger partial charge in [0.2, 0.25) is 0 Å². The maximum absolute atomic E-state index is 6.43. The lowest BCUT2D eigenvalue weighted by Gasteiger charge is -2.18. The Balaban J connectivity index is 2.30. The number of methoxy groups -OCH3 is 2. The maximum atomic E-state index is 6.43. The van der Waals surface area contributed by atoms with Crippen LogP contribution >= 0.6 is 11.6 Å². The molecule has 0 amide bonds. The van der Waals surface area contributed by atoms with Crippen molar-refractivity contribution < 1.29 is 9.47 Å². The third-order valence-corrected chi connectivity index (χ3v) is 4.13. The first-order valence-electron chi connectivity index (χ1n) is 7.43. The lowest BCUT2D eigenvalue weighted by atomic mass is 9.91. The molecule has 0 aliphatic heterocycles. The fourth-order valence-corrected chi connectivity index (χ4v) is 2.80. The van der Waals surface area contributed by atoms with E-state index in [1.165, 1.54) is 0 Å². The van der Waals surface area contributed by atoms with E-state index < -0.39 is 0 Å². The molecule has 5 nitrogen and oxygen atoms in total. The Morgan fingerprint density at radius 1 is 1.18 bits per heavy atom. The standard InChI is InChI=1S/C16H22ClN3O2/c1-5-11(7-12-10-20(6-2)19-18-12)13-8-15(21-3)16(22-4)9-14(13)17/h8-11H,5-7H2,1-4H3. The zero-order valence-electron chi connectivity index (χ0n) is 13.5. The van der Waals surface area contributed by atoms with Gasteiger partial charge in [-0.15, -0.1) is 5.10 Å². The smallest absolute Gasteiger partial charge is 0.162 e. The third kappa shape index (κ3) is 3.53. The monoisotopic (exact) mass is 323 g/mol. The number of rotatable bonds is 7. The average molecular weight is 324 g/mol. The van der Waals surface area contributed by atoms with E-state index in [9.17, 15) is 0 Å². The van der Waals surface area contributed by atoms with Crippen LogP contribution in [0.5, 0.6) is 11.5 Å². The van der Waals surface area contributed by atoms with E-state index in [1.54, 1.807) is 20.3 Å². The number of ether oxygens (including phenoxy) is 2. The Kier molecular flexibility index (Phi) is 5.66. The van der Waals surface area contributed by atoms with Gasteiger partial charge in [-0.1, -0.05) is 23.7 Å². The molecule has 0 N–H and O–H groups in total. The molecular weight excluding hydrogens is 302 g/mol. The SMILES string of the molecule is CCC(Cc1cn(CC)nn1)c1cc(OC)c(OC)cc1Cl. The molecule has 0 fully saturated rings. The van der Waals surface area contributed by atoms with Crippen LogP contribution in [0.4, 0.5) is 0 Å². The van der Waals surface area contributed by atoms with Crippen LogP contribution in [0.15, 0.2) is 18.3 Å². The van der Waals surface area contributed by atoms with Crippen molar-refractivity contribution in [1.29, 1.82) is 0 Å². The van der Waals surface area contributed by atoms with Gasteiger partial charge in [-0.05, 0) is 30.9 Å². The van der Waals surface area contributed by atoms with Crippen molar-refractivity contribution in [3.63, 3.8) is 0 Å². The van der Waals surface area contributed by atoms with Crippen molar-refractivity contribution in [2.75, 3.05) is 14.2 Å². The van der Waals surface area contributed by atoms with E-state index in [2.05, 4.69) is 17.2 Å². The number of aromatic nitrogens is 3. The molecule has 22 heavy (non-hydrogen) atoms. The number of hydrogen-bond donors (Lipinski definition) is 0. The topological polar surface area (TPSA) is 49.2 Å². The summed E-state index contributed by atoms with van der Waals surface area (Å²) in [6.07, 6.45) is 3.73. The van der Waals surface area contributed by atoms with Crippen LogP contribution in [-0.4, -0.2) is 29.2 Å². The average Bonchev–Trinajstić information content (AvgIpc) is 3.00. The summed E-state index contributed by atoms with van der Waals surface area (Å²) in [5.41, 5.74) is 2.02. The minimum absolute atomic E-state index is 0.259. The molecule has 120 valence electrons. The Morgan fingerprint density at radius 3 is 2.41 bits per heavy atom. The fraction of sp³-hybridized carbons (Fsp3) is 0.500. The first kappa shape index (κ1) is 16.6. The molecule has 0 aliphatic rings. The van der Waals surface area contributed by atoms with Gasteiger partial charge in [0.05, 0.1) is 19.9 Å². The summed E-state index contributed by atoms with van der Waals surface area (Å²) in [6, 6.07) is 3.76. The van der Waals surface area contributed by atoms with Crippen LogP contribution in [0.1, 0.15) is 37.4 Å². The normalized spacial score (nSPS) is 12.2. The molecular formula is C16H22ClN3O2. The van der Waals surface area contributed by atoms with E-state index in [1.807, 2.05) is 23.9 Å². The molecule has 0 saturated carbocycles. The van der Waals surface area contributed by atoms with Gasteiger partial charge in [0.25, 0.3) is 0 Å². The highest BCUT2D eigenvalue weighted by Crippen LogP contribution is 2.38. The molecule has 1 aromatic heterocycles.